The van der Waals surface area contributed by atoms with Crippen molar-refractivity contribution < 1.29 is 9.90 Å². The molecule has 0 aliphatic rings. The number of rotatable bonds is 5. The first kappa shape index (κ1) is 14.2. The van der Waals surface area contributed by atoms with E-state index in [-0.39, 0.29) is 5.92 Å². The lowest BCUT2D eigenvalue weighted by Gasteiger charge is -2.20. The third-order valence-electron chi connectivity index (χ3n) is 2.76. The number of aliphatic carboxylic acids is 1. The van der Waals surface area contributed by atoms with Crippen molar-refractivity contribution in [2.75, 3.05) is 13.6 Å². The van der Waals surface area contributed by atoms with Crippen LogP contribution in [0.1, 0.15) is 18.1 Å². The van der Waals surface area contributed by atoms with Crippen LogP contribution < -0.4 is 0 Å². The summed E-state index contributed by atoms with van der Waals surface area (Å²) < 4.78 is 1.05. The lowest BCUT2D eigenvalue weighted by Crippen LogP contribution is -2.28. The van der Waals surface area contributed by atoms with Gasteiger partial charge in [0.1, 0.15) is 0 Å². The zero-order valence-electron chi connectivity index (χ0n) is 10.4. The molecule has 94 valence electrons. The summed E-state index contributed by atoms with van der Waals surface area (Å²) in [4.78, 5) is 12.8. The van der Waals surface area contributed by atoms with E-state index in [1.54, 1.807) is 6.92 Å². The highest BCUT2D eigenvalue weighted by molar-refractivity contribution is 9.10. The van der Waals surface area contributed by atoms with Gasteiger partial charge in [-0.1, -0.05) is 28.9 Å². The minimum Gasteiger partial charge on any atom is -0.481 e. The number of nitrogens with zero attached hydrogens (tertiary/aromatic N) is 1. The number of halogens is 1. The Labute approximate surface area is 111 Å². The molecular weight excluding hydrogens is 282 g/mol. The molecule has 0 saturated heterocycles. The topological polar surface area (TPSA) is 40.5 Å². The van der Waals surface area contributed by atoms with Crippen LogP contribution in [0, 0.1) is 12.8 Å². The predicted molar refractivity (Wildman–Crippen MR) is 72.0 cm³/mol. The maximum Gasteiger partial charge on any atom is 0.307 e. The Morgan fingerprint density at radius 2 is 2.18 bits per heavy atom. The van der Waals surface area contributed by atoms with Gasteiger partial charge in [-0.25, -0.2) is 0 Å². The van der Waals surface area contributed by atoms with Gasteiger partial charge in [0.25, 0.3) is 0 Å². The second-order valence-corrected chi connectivity index (χ2v) is 5.42. The van der Waals surface area contributed by atoms with Gasteiger partial charge in [0.2, 0.25) is 0 Å². The summed E-state index contributed by atoms with van der Waals surface area (Å²) in [5.41, 5.74) is 2.45. The lowest BCUT2D eigenvalue weighted by atomic mass is 10.1. The monoisotopic (exact) mass is 299 g/mol. The number of carboxylic acid groups (broad SMARTS) is 1. The van der Waals surface area contributed by atoms with Gasteiger partial charge < -0.3 is 10.0 Å². The molecule has 1 aromatic carbocycles. The van der Waals surface area contributed by atoms with Gasteiger partial charge in [-0.2, -0.15) is 0 Å². The molecule has 1 aromatic rings. The smallest absolute Gasteiger partial charge is 0.307 e. The molecule has 0 aliphatic carbocycles. The molecule has 0 heterocycles. The number of hydrogen-bond acceptors (Lipinski definition) is 2. The van der Waals surface area contributed by atoms with Crippen molar-refractivity contribution in [1.29, 1.82) is 0 Å². The van der Waals surface area contributed by atoms with E-state index >= 15 is 0 Å². The van der Waals surface area contributed by atoms with Gasteiger partial charge >= 0.3 is 5.97 Å². The summed E-state index contributed by atoms with van der Waals surface area (Å²) in [6, 6.07) is 6.16. The molecule has 1 N–H and O–H groups in total. The van der Waals surface area contributed by atoms with Crippen LogP contribution in [-0.2, 0) is 11.3 Å². The molecule has 1 unspecified atom stereocenters. The first-order valence-electron chi connectivity index (χ1n) is 5.56. The highest BCUT2D eigenvalue weighted by Crippen LogP contribution is 2.17. The van der Waals surface area contributed by atoms with E-state index in [4.69, 9.17) is 5.11 Å². The van der Waals surface area contributed by atoms with E-state index in [0.29, 0.717) is 6.54 Å². The Bertz CT molecular complexity index is 406. The third-order valence-corrected chi connectivity index (χ3v) is 3.25. The van der Waals surface area contributed by atoms with E-state index in [0.717, 1.165) is 11.0 Å². The fourth-order valence-corrected chi connectivity index (χ4v) is 2.12. The molecule has 17 heavy (non-hydrogen) atoms. The minimum absolute atomic E-state index is 0.340. The largest absolute Gasteiger partial charge is 0.481 e. The predicted octanol–water partition coefficient (Wildman–Crippen LogP) is 2.91. The summed E-state index contributed by atoms with van der Waals surface area (Å²) in [7, 11) is 1.94. The molecular formula is C13H18BrNO2. The van der Waals surface area contributed by atoms with Crippen molar-refractivity contribution in [2.24, 2.45) is 5.92 Å². The Kier molecular flexibility index (Phi) is 5.15. The fourth-order valence-electron chi connectivity index (χ4n) is 1.71. The molecule has 0 amide bonds. The Morgan fingerprint density at radius 1 is 1.53 bits per heavy atom. The van der Waals surface area contributed by atoms with Crippen LogP contribution in [0.15, 0.2) is 22.7 Å². The van der Waals surface area contributed by atoms with Gasteiger partial charge in [-0.05, 0) is 37.2 Å². The molecule has 1 rings (SSSR count). The van der Waals surface area contributed by atoms with Crippen LogP contribution in [0.5, 0.6) is 0 Å². The van der Waals surface area contributed by atoms with Crippen LogP contribution in [0.2, 0.25) is 0 Å². The Morgan fingerprint density at radius 3 is 2.76 bits per heavy atom. The van der Waals surface area contributed by atoms with E-state index < -0.39 is 5.97 Å². The number of carboxylic acids is 1. The van der Waals surface area contributed by atoms with Crippen molar-refractivity contribution in [2.45, 2.75) is 20.4 Å². The second-order valence-electron chi connectivity index (χ2n) is 4.51. The lowest BCUT2D eigenvalue weighted by molar-refractivity contribution is -0.141. The second kappa shape index (κ2) is 6.17. The van der Waals surface area contributed by atoms with E-state index in [1.165, 1.54) is 11.1 Å². The van der Waals surface area contributed by atoms with Crippen molar-refractivity contribution in [1.82, 2.24) is 4.90 Å². The van der Waals surface area contributed by atoms with Gasteiger partial charge in [0, 0.05) is 17.6 Å². The average molecular weight is 300 g/mol. The molecule has 4 heteroatoms. The van der Waals surface area contributed by atoms with Crippen molar-refractivity contribution in [3.05, 3.63) is 33.8 Å². The van der Waals surface area contributed by atoms with Crippen LogP contribution in [0.4, 0.5) is 0 Å². The molecule has 0 spiro atoms. The first-order valence-corrected chi connectivity index (χ1v) is 6.36. The van der Waals surface area contributed by atoms with Crippen LogP contribution in [0.3, 0.4) is 0 Å². The highest BCUT2D eigenvalue weighted by Gasteiger charge is 2.14. The standard InChI is InChI=1S/C13H18BrNO2/c1-9-4-5-12(14)6-11(9)8-15(3)7-10(2)13(16)17/h4-6,10H,7-8H2,1-3H3,(H,16,17). The molecule has 0 bridgehead atoms. The summed E-state index contributed by atoms with van der Waals surface area (Å²) in [5, 5.41) is 8.86. The molecule has 0 radical (unpaired) electrons. The summed E-state index contributed by atoms with van der Waals surface area (Å²) in [5.74, 6) is -1.09. The molecule has 0 aromatic heterocycles. The van der Waals surface area contributed by atoms with Crippen molar-refractivity contribution in [3.8, 4) is 0 Å². The quantitative estimate of drug-likeness (QED) is 0.909. The Hall–Kier alpha value is -0.870. The number of benzene rings is 1. The molecule has 0 aliphatic heterocycles. The van der Waals surface area contributed by atoms with Crippen LogP contribution in [-0.4, -0.2) is 29.6 Å². The Balaban J connectivity index is 2.64. The summed E-state index contributed by atoms with van der Waals surface area (Å²) in [6.45, 7) is 5.12. The molecule has 0 saturated carbocycles. The number of carbonyl (C=O) groups is 1. The fraction of sp³-hybridized carbons (Fsp3) is 0.462. The van der Waals surface area contributed by atoms with Crippen LogP contribution >= 0.6 is 15.9 Å². The third kappa shape index (κ3) is 4.48. The maximum atomic E-state index is 10.8. The number of hydrogen-bond donors (Lipinski definition) is 1. The molecule has 0 fully saturated rings. The van der Waals surface area contributed by atoms with Gasteiger partial charge in [0.15, 0.2) is 0 Å². The van der Waals surface area contributed by atoms with E-state index in [9.17, 15) is 4.79 Å². The van der Waals surface area contributed by atoms with Crippen molar-refractivity contribution in [3.63, 3.8) is 0 Å². The van der Waals surface area contributed by atoms with Gasteiger partial charge in [-0.3, -0.25) is 4.79 Å². The number of aryl methyl sites for hydroxylation is 1. The van der Waals surface area contributed by atoms with Crippen LogP contribution in [0.25, 0.3) is 0 Å². The van der Waals surface area contributed by atoms with Gasteiger partial charge in [0.05, 0.1) is 5.92 Å². The summed E-state index contributed by atoms with van der Waals surface area (Å²) >= 11 is 3.45. The molecule has 1 atom stereocenters. The van der Waals surface area contributed by atoms with Gasteiger partial charge in [-0.15, -0.1) is 0 Å². The minimum atomic E-state index is -0.747. The normalized spacial score (nSPS) is 12.8. The average Bonchev–Trinajstić information content (AvgIpc) is 2.23. The first-order chi connectivity index (χ1) is 7.90. The van der Waals surface area contributed by atoms with E-state index in [1.807, 2.05) is 18.0 Å². The zero-order chi connectivity index (χ0) is 13.0. The SMILES string of the molecule is Cc1ccc(Br)cc1CN(C)CC(C)C(=O)O. The summed E-state index contributed by atoms with van der Waals surface area (Å²) in [6.07, 6.45) is 0. The highest BCUT2D eigenvalue weighted by atomic mass is 79.9. The maximum absolute atomic E-state index is 10.8. The zero-order valence-corrected chi connectivity index (χ0v) is 12.0. The van der Waals surface area contributed by atoms with E-state index in [2.05, 4.69) is 35.0 Å². The van der Waals surface area contributed by atoms with Crippen molar-refractivity contribution >= 4 is 21.9 Å². The molecule has 3 nitrogen and oxygen atoms in total.